The minimum atomic E-state index is 0. The molecule has 0 aliphatic rings. The molecule has 2 N–H and O–H groups in total. The molecule has 2 nitrogen and oxygen atoms in total. The van der Waals surface area contributed by atoms with Gasteiger partial charge in [-0.2, -0.15) is 0 Å². The van der Waals surface area contributed by atoms with Crippen molar-refractivity contribution in [2.45, 2.75) is 19.8 Å². The molecule has 0 aromatic heterocycles. The Morgan fingerprint density at radius 2 is 1.86 bits per heavy atom. The van der Waals surface area contributed by atoms with Gasteiger partial charge in [0.1, 0.15) is 0 Å². The van der Waals surface area contributed by atoms with Crippen LogP contribution in [0, 0.1) is 0 Å². The molecule has 0 saturated carbocycles. The Balaban J connectivity index is -0.0000000800. The van der Waals surface area contributed by atoms with Crippen LogP contribution >= 0.6 is 0 Å². The van der Waals surface area contributed by atoms with E-state index in [-0.39, 0.29) is 35.0 Å². The summed E-state index contributed by atoms with van der Waals surface area (Å²) in [6, 6.07) is 0. The van der Waals surface area contributed by atoms with Crippen LogP contribution in [0.25, 0.3) is 0 Å². The molecule has 0 rings (SSSR count). The normalized spacial score (nSPS) is 6.00. The van der Waals surface area contributed by atoms with E-state index >= 15 is 0 Å². The maximum Gasteiger partial charge on any atom is 1.00 e. The summed E-state index contributed by atoms with van der Waals surface area (Å²) in [4.78, 5) is 0. The molecule has 0 spiro atoms. The Hall–Kier alpha value is 0.920. The molecule has 0 bridgehead atoms. The number of aliphatic hydroxyl groups excluding tert-OH is 1. The van der Waals surface area contributed by atoms with Crippen LogP contribution in [0.15, 0.2) is 0 Å². The summed E-state index contributed by atoms with van der Waals surface area (Å²) >= 11 is 0. The van der Waals surface area contributed by atoms with Gasteiger partial charge in [-0.3, -0.25) is 0 Å². The fourth-order valence-corrected chi connectivity index (χ4v) is 0.158. The summed E-state index contributed by atoms with van der Waals surface area (Å²) in [6.45, 7) is 2.40. The van der Waals surface area contributed by atoms with Gasteiger partial charge in [0.05, 0.1) is 0 Å². The van der Waals surface area contributed by atoms with Crippen LogP contribution in [0.3, 0.4) is 0 Å². The van der Waals surface area contributed by atoms with E-state index in [2.05, 4.69) is 6.92 Å². The summed E-state index contributed by atoms with van der Waals surface area (Å²) in [6.07, 6.45) is 2.04. The Labute approximate surface area is 66.5 Å². The van der Waals surface area contributed by atoms with E-state index in [0.717, 1.165) is 12.8 Å². The standard InChI is InChI=1S/C4H10O.Na.H2O/c1-2-3-4-5;;/h5H,2-4H2,1H3;;1H2/q;+1;/p-1. The molecule has 40 valence electrons. The van der Waals surface area contributed by atoms with Gasteiger partial charge in [-0.05, 0) is 6.42 Å². The molecule has 3 heteroatoms. The summed E-state index contributed by atoms with van der Waals surface area (Å²) in [5.74, 6) is 0. The van der Waals surface area contributed by atoms with Crippen molar-refractivity contribution in [1.29, 1.82) is 0 Å². The van der Waals surface area contributed by atoms with Crippen molar-refractivity contribution in [2.24, 2.45) is 0 Å². The average molecular weight is 114 g/mol. The van der Waals surface area contributed by atoms with E-state index in [1.54, 1.807) is 0 Å². The van der Waals surface area contributed by atoms with Crippen LogP contribution in [-0.4, -0.2) is 17.2 Å². The molecule has 0 radical (unpaired) electrons. The molecular formula is C4H11NaO2. The maximum atomic E-state index is 8.07. The molecule has 0 aliphatic heterocycles. The van der Waals surface area contributed by atoms with Crippen molar-refractivity contribution in [3.8, 4) is 0 Å². The molecular weight excluding hydrogens is 103 g/mol. The molecule has 0 aromatic rings. The van der Waals surface area contributed by atoms with Gasteiger partial charge in [-0.1, -0.05) is 13.3 Å². The molecule has 0 unspecified atom stereocenters. The van der Waals surface area contributed by atoms with Gasteiger partial charge in [0.2, 0.25) is 0 Å². The van der Waals surface area contributed by atoms with Gasteiger partial charge in [0.25, 0.3) is 0 Å². The Bertz CT molecular complexity index is 17.2. The van der Waals surface area contributed by atoms with E-state index in [9.17, 15) is 0 Å². The first-order valence-electron chi connectivity index (χ1n) is 2.02. The zero-order valence-corrected chi connectivity index (χ0v) is 7.02. The summed E-state index contributed by atoms with van der Waals surface area (Å²) < 4.78 is 0. The first-order valence-corrected chi connectivity index (χ1v) is 2.02. The quantitative estimate of drug-likeness (QED) is 0.407. The zero-order valence-electron chi connectivity index (χ0n) is 5.02. The van der Waals surface area contributed by atoms with Crippen LogP contribution < -0.4 is 29.6 Å². The van der Waals surface area contributed by atoms with Gasteiger partial charge in [-0.25, -0.2) is 0 Å². The summed E-state index contributed by atoms with van der Waals surface area (Å²) in [7, 11) is 0. The van der Waals surface area contributed by atoms with Crippen molar-refractivity contribution in [1.82, 2.24) is 0 Å². The van der Waals surface area contributed by atoms with Gasteiger partial charge in [0, 0.05) is 6.61 Å². The number of aliphatic hydroxyl groups is 1. The minimum Gasteiger partial charge on any atom is -0.870 e. The van der Waals surface area contributed by atoms with Crippen LogP contribution in [-0.2, 0) is 0 Å². The Morgan fingerprint density at radius 1 is 1.43 bits per heavy atom. The van der Waals surface area contributed by atoms with E-state index in [4.69, 9.17) is 5.11 Å². The molecule has 0 fully saturated rings. The molecule has 0 heterocycles. The molecule has 7 heavy (non-hydrogen) atoms. The van der Waals surface area contributed by atoms with Crippen molar-refractivity contribution in [2.75, 3.05) is 6.61 Å². The van der Waals surface area contributed by atoms with Crippen molar-refractivity contribution in [3.05, 3.63) is 0 Å². The predicted octanol–water partition coefficient (Wildman–Crippen LogP) is -2.39. The third-order valence-electron chi connectivity index (χ3n) is 0.512. The van der Waals surface area contributed by atoms with Crippen LogP contribution in [0.4, 0.5) is 0 Å². The van der Waals surface area contributed by atoms with Crippen LogP contribution in [0.2, 0.25) is 0 Å². The average Bonchev–Trinajstić information content (AvgIpc) is 1.41. The topological polar surface area (TPSA) is 50.2 Å². The fraction of sp³-hybridized carbons (Fsp3) is 1.00. The monoisotopic (exact) mass is 114 g/mol. The second-order valence-electron chi connectivity index (χ2n) is 1.08. The number of unbranched alkanes of at least 4 members (excludes halogenated alkanes) is 1. The molecule has 0 aromatic carbocycles. The number of rotatable bonds is 2. The van der Waals surface area contributed by atoms with Crippen LogP contribution in [0.1, 0.15) is 19.8 Å². The van der Waals surface area contributed by atoms with Gasteiger partial charge in [0.15, 0.2) is 0 Å². The molecule has 0 aliphatic carbocycles. The molecule has 0 amide bonds. The molecule has 0 saturated heterocycles. The Morgan fingerprint density at radius 3 is 1.86 bits per heavy atom. The molecule has 0 atom stereocenters. The van der Waals surface area contributed by atoms with Crippen molar-refractivity contribution < 1.29 is 40.1 Å². The number of hydrogen-bond acceptors (Lipinski definition) is 2. The smallest absolute Gasteiger partial charge is 0.870 e. The summed E-state index contributed by atoms with van der Waals surface area (Å²) in [5, 5.41) is 8.07. The SMILES string of the molecule is CCCCO.[Na+].[OH-]. The van der Waals surface area contributed by atoms with E-state index < -0.39 is 0 Å². The predicted molar refractivity (Wildman–Crippen MR) is 23.9 cm³/mol. The van der Waals surface area contributed by atoms with Crippen molar-refractivity contribution in [3.63, 3.8) is 0 Å². The van der Waals surface area contributed by atoms with Crippen LogP contribution in [0.5, 0.6) is 0 Å². The first kappa shape index (κ1) is 15.7. The second-order valence-corrected chi connectivity index (χ2v) is 1.08. The third-order valence-corrected chi connectivity index (χ3v) is 0.512. The van der Waals surface area contributed by atoms with E-state index in [0.29, 0.717) is 6.61 Å². The third kappa shape index (κ3) is 19.6. The van der Waals surface area contributed by atoms with Gasteiger partial charge >= 0.3 is 29.6 Å². The van der Waals surface area contributed by atoms with Gasteiger partial charge < -0.3 is 10.6 Å². The van der Waals surface area contributed by atoms with Gasteiger partial charge in [-0.15, -0.1) is 0 Å². The fourth-order valence-electron chi connectivity index (χ4n) is 0.158. The minimum absolute atomic E-state index is 0. The maximum absolute atomic E-state index is 8.07. The summed E-state index contributed by atoms with van der Waals surface area (Å²) in [5.41, 5.74) is 0. The number of hydrogen-bond donors (Lipinski definition) is 1. The first-order chi connectivity index (χ1) is 2.41. The van der Waals surface area contributed by atoms with E-state index in [1.165, 1.54) is 0 Å². The Kier molecular flexibility index (Phi) is 35.3. The zero-order chi connectivity index (χ0) is 4.12. The van der Waals surface area contributed by atoms with Crippen molar-refractivity contribution >= 4 is 0 Å². The largest absolute Gasteiger partial charge is 1.00 e. The second kappa shape index (κ2) is 15.8. The van der Waals surface area contributed by atoms with E-state index in [1.807, 2.05) is 0 Å².